The molecule has 0 aromatic heterocycles. The first-order chi connectivity index (χ1) is 8.17. The van der Waals surface area contributed by atoms with E-state index in [1.807, 2.05) is 4.90 Å². The molecule has 0 saturated carbocycles. The maximum absolute atomic E-state index is 11.6. The molecule has 2 fully saturated rings. The topological polar surface area (TPSA) is 48.0 Å². The summed E-state index contributed by atoms with van der Waals surface area (Å²) in [6, 6.07) is 0.0520. The smallest absolute Gasteiger partial charge is 0.219 e. The highest BCUT2D eigenvalue weighted by molar-refractivity contribution is 5.74. The van der Waals surface area contributed by atoms with Crippen LogP contribution in [0.1, 0.15) is 13.3 Å². The van der Waals surface area contributed by atoms with Gasteiger partial charge in [-0.05, 0) is 0 Å². The highest BCUT2D eigenvalue weighted by Gasteiger charge is 2.50. The number of carbonyl (C=O) groups excluding carboxylic acids is 1. The second kappa shape index (κ2) is 5.16. The fraction of sp³-hybridized carbons (Fsp3) is 0.750. The van der Waals surface area contributed by atoms with Crippen molar-refractivity contribution < 1.29 is 19.0 Å². The molecule has 0 aromatic rings. The summed E-state index contributed by atoms with van der Waals surface area (Å²) >= 11 is 0. The van der Waals surface area contributed by atoms with E-state index in [4.69, 9.17) is 14.2 Å². The van der Waals surface area contributed by atoms with Crippen molar-refractivity contribution in [2.75, 3.05) is 20.3 Å². The molecule has 0 radical (unpaired) electrons. The van der Waals surface area contributed by atoms with Crippen molar-refractivity contribution in [1.29, 1.82) is 0 Å². The second-order valence-electron chi connectivity index (χ2n) is 4.40. The Labute approximate surface area is 101 Å². The maximum Gasteiger partial charge on any atom is 0.219 e. The third-order valence-corrected chi connectivity index (χ3v) is 3.36. The van der Waals surface area contributed by atoms with E-state index >= 15 is 0 Å². The van der Waals surface area contributed by atoms with Gasteiger partial charge in [0.25, 0.3) is 0 Å². The third kappa shape index (κ3) is 2.36. The standard InChI is InChI=1S/C12H19NO4/c1-4-5-16-12-9-6-11(15-3)17-10(12)7-13(9)8(2)14/h4,9-12H,1,5-7H2,2-3H3/t9-,10-,11+,12+/m1/s1. The number of fused-ring (bicyclic) bond motifs is 2. The van der Waals surface area contributed by atoms with Crippen molar-refractivity contribution in [3.05, 3.63) is 12.7 Å². The van der Waals surface area contributed by atoms with Crippen LogP contribution in [-0.4, -0.2) is 55.6 Å². The molecule has 4 atom stereocenters. The zero-order valence-electron chi connectivity index (χ0n) is 10.3. The summed E-state index contributed by atoms with van der Waals surface area (Å²) in [4.78, 5) is 13.4. The molecule has 5 heteroatoms. The number of rotatable bonds is 4. The lowest BCUT2D eigenvalue weighted by molar-refractivity contribution is -0.207. The van der Waals surface area contributed by atoms with E-state index in [-0.39, 0.29) is 30.4 Å². The van der Waals surface area contributed by atoms with Crippen LogP contribution < -0.4 is 0 Å². The van der Waals surface area contributed by atoms with Crippen LogP contribution in [0.15, 0.2) is 12.7 Å². The minimum atomic E-state index is -0.238. The summed E-state index contributed by atoms with van der Waals surface area (Å²) in [6.45, 7) is 6.27. The van der Waals surface area contributed by atoms with Gasteiger partial charge in [-0.1, -0.05) is 6.08 Å². The van der Waals surface area contributed by atoms with Gasteiger partial charge in [0.1, 0.15) is 12.2 Å². The Morgan fingerprint density at radius 1 is 1.65 bits per heavy atom. The van der Waals surface area contributed by atoms with Crippen molar-refractivity contribution in [3.63, 3.8) is 0 Å². The Hall–Kier alpha value is -0.910. The van der Waals surface area contributed by atoms with Gasteiger partial charge < -0.3 is 19.1 Å². The number of hydrogen-bond acceptors (Lipinski definition) is 4. The third-order valence-electron chi connectivity index (χ3n) is 3.36. The Kier molecular flexibility index (Phi) is 3.81. The molecule has 0 aliphatic carbocycles. The van der Waals surface area contributed by atoms with Gasteiger partial charge in [0.2, 0.25) is 5.91 Å². The van der Waals surface area contributed by atoms with Gasteiger partial charge in [-0.2, -0.15) is 0 Å². The lowest BCUT2D eigenvalue weighted by Crippen LogP contribution is -2.47. The summed E-state index contributed by atoms with van der Waals surface area (Å²) < 4.78 is 16.7. The van der Waals surface area contributed by atoms with Crippen LogP contribution in [0.4, 0.5) is 0 Å². The van der Waals surface area contributed by atoms with Crippen molar-refractivity contribution in [2.24, 2.45) is 0 Å². The number of ether oxygens (including phenoxy) is 3. The van der Waals surface area contributed by atoms with E-state index in [0.717, 1.165) is 0 Å². The normalized spacial score (nSPS) is 36.0. The fourth-order valence-electron chi connectivity index (χ4n) is 2.60. The number of nitrogens with zero attached hydrogens (tertiary/aromatic N) is 1. The predicted octanol–water partition coefficient (Wildman–Crippen LogP) is 0.550. The lowest BCUT2D eigenvalue weighted by Gasteiger charge is -2.34. The molecule has 0 N–H and O–H groups in total. The molecule has 96 valence electrons. The monoisotopic (exact) mass is 241 g/mol. The van der Waals surface area contributed by atoms with E-state index in [2.05, 4.69) is 6.58 Å². The quantitative estimate of drug-likeness (QED) is 0.674. The van der Waals surface area contributed by atoms with Gasteiger partial charge in [0.05, 0.1) is 19.2 Å². The molecule has 2 heterocycles. The van der Waals surface area contributed by atoms with Gasteiger partial charge in [-0.3, -0.25) is 4.79 Å². The molecular formula is C12H19NO4. The van der Waals surface area contributed by atoms with Gasteiger partial charge in [-0.15, -0.1) is 6.58 Å². The largest absolute Gasteiger partial charge is 0.369 e. The number of likely N-dealkylation sites (tertiary alicyclic amines) is 1. The minimum Gasteiger partial charge on any atom is -0.369 e. The van der Waals surface area contributed by atoms with Crippen LogP contribution >= 0.6 is 0 Å². The summed E-state index contributed by atoms with van der Waals surface area (Å²) in [6.07, 6.45) is 1.97. The molecule has 2 rings (SSSR count). The van der Waals surface area contributed by atoms with Crippen molar-refractivity contribution >= 4 is 5.91 Å². The fourth-order valence-corrected chi connectivity index (χ4v) is 2.60. The van der Waals surface area contributed by atoms with Gasteiger partial charge in [-0.25, -0.2) is 0 Å². The molecular weight excluding hydrogens is 222 g/mol. The van der Waals surface area contributed by atoms with Crippen LogP contribution in [0.2, 0.25) is 0 Å². The zero-order valence-corrected chi connectivity index (χ0v) is 10.3. The second-order valence-corrected chi connectivity index (χ2v) is 4.40. The zero-order chi connectivity index (χ0) is 12.4. The van der Waals surface area contributed by atoms with E-state index in [0.29, 0.717) is 19.6 Å². The predicted molar refractivity (Wildman–Crippen MR) is 61.4 cm³/mol. The van der Waals surface area contributed by atoms with Crippen LogP contribution in [0.3, 0.4) is 0 Å². The summed E-state index contributed by atoms with van der Waals surface area (Å²) in [5, 5.41) is 0. The average Bonchev–Trinajstić information content (AvgIpc) is 2.53. The highest BCUT2D eigenvalue weighted by Crippen LogP contribution is 2.33. The van der Waals surface area contributed by atoms with E-state index < -0.39 is 0 Å². The molecule has 1 amide bonds. The average molecular weight is 241 g/mol. The Balaban J connectivity index is 2.09. The number of carbonyl (C=O) groups is 1. The first kappa shape index (κ1) is 12.5. The molecule has 0 spiro atoms. The van der Waals surface area contributed by atoms with Crippen LogP contribution in [-0.2, 0) is 19.0 Å². The van der Waals surface area contributed by atoms with Gasteiger partial charge in [0, 0.05) is 20.5 Å². The van der Waals surface area contributed by atoms with Gasteiger partial charge >= 0.3 is 0 Å². The van der Waals surface area contributed by atoms with Crippen molar-refractivity contribution in [3.8, 4) is 0 Å². The number of methoxy groups -OCH3 is 1. The minimum absolute atomic E-state index is 0.0520. The molecule has 2 aliphatic rings. The van der Waals surface area contributed by atoms with Crippen LogP contribution in [0.5, 0.6) is 0 Å². The Bertz CT molecular complexity index is 307. The highest BCUT2D eigenvalue weighted by atomic mass is 16.7. The molecule has 5 nitrogen and oxygen atoms in total. The summed E-state index contributed by atoms with van der Waals surface area (Å²) in [5.74, 6) is 0.0602. The molecule has 0 aromatic carbocycles. The first-order valence-electron chi connectivity index (χ1n) is 5.85. The maximum atomic E-state index is 11.6. The summed E-state index contributed by atoms with van der Waals surface area (Å²) in [7, 11) is 1.62. The van der Waals surface area contributed by atoms with Crippen LogP contribution in [0.25, 0.3) is 0 Å². The molecule has 0 unspecified atom stereocenters. The summed E-state index contributed by atoms with van der Waals surface area (Å²) in [5.41, 5.74) is 0. The SMILES string of the molecule is C=CCO[C@H]1[C@H]2C[C@@H](OC)O[C@@H]1CN2C(C)=O. The lowest BCUT2D eigenvalue weighted by atomic mass is 10.0. The molecule has 2 bridgehead atoms. The van der Waals surface area contributed by atoms with E-state index in [1.165, 1.54) is 0 Å². The molecule has 2 saturated heterocycles. The number of hydrogen-bond donors (Lipinski definition) is 0. The molecule has 17 heavy (non-hydrogen) atoms. The molecule has 2 aliphatic heterocycles. The van der Waals surface area contributed by atoms with Crippen molar-refractivity contribution in [2.45, 2.75) is 37.9 Å². The van der Waals surface area contributed by atoms with E-state index in [1.54, 1.807) is 20.1 Å². The van der Waals surface area contributed by atoms with Crippen molar-refractivity contribution in [1.82, 2.24) is 4.90 Å². The number of amides is 1. The van der Waals surface area contributed by atoms with Crippen LogP contribution in [0, 0.1) is 0 Å². The van der Waals surface area contributed by atoms with E-state index in [9.17, 15) is 4.79 Å². The Morgan fingerprint density at radius 3 is 3.00 bits per heavy atom. The van der Waals surface area contributed by atoms with Gasteiger partial charge in [0.15, 0.2) is 6.29 Å². The first-order valence-corrected chi connectivity index (χ1v) is 5.85. The Morgan fingerprint density at radius 2 is 2.41 bits per heavy atom.